The van der Waals surface area contributed by atoms with Crippen molar-refractivity contribution in [3.63, 3.8) is 0 Å². The Bertz CT molecular complexity index is 1380. The molecule has 0 spiro atoms. The molecular weight excluding hydrogens is 939 g/mol. The number of allylic oxidation sites excluding steroid dienone is 1. The second-order valence-corrected chi connectivity index (χ2v) is 20.4. The van der Waals surface area contributed by atoms with Crippen molar-refractivity contribution in [1.82, 2.24) is 5.32 Å². The van der Waals surface area contributed by atoms with Gasteiger partial charge in [0.25, 0.3) is 0 Å². The molecule has 0 bridgehead atoms. The van der Waals surface area contributed by atoms with Crippen LogP contribution in [0.25, 0.3) is 0 Å². The molecule has 19 heteroatoms. The second-order valence-electron chi connectivity index (χ2n) is 20.4. The van der Waals surface area contributed by atoms with Gasteiger partial charge in [0.1, 0.15) is 73.2 Å². The Morgan fingerprint density at radius 3 is 1.31 bits per heavy atom. The molecule has 0 aliphatic carbocycles. The van der Waals surface area contributed by atoms with Crippen LogP contribution in [-0.2, 0) is 33.2 Å². The first-order valence-electron chi connectivity index (χ1n) is 27.9. The van der Waals surface area contributed by atoms with Crippen molar-refractivity contribution in [3.05, 3.63) is 12.2 Å². The van der Waals surface area contributed by atoms with Gasteiger partial charge in [-0.1, -0.05) is 174 Å². The van der Waals surface area contributed by atoms with Gasteiger partial charge >= 0.3 is 0 Å². The van der Waals surface area contributed by atoms with Gasteiger partial charge in [-0.3, -0.25) is 4.79 Å². The van der Waals surface area contributed by atoms with Crippen molar-refractivity contribution >= 4 is 5.91 Å². The van der Waals surface area contributed by atoms with Crippen molar-refractivity contribution in [2.24, 2.45) is 0 Å². The fourth-order valence-electron chi connectivity index (χ4n) is 9.66. The van der Waals surface area contributed by atoms with E-state index < -0.39 is 124 Å². The van der Waals surface area contributed by atoms with E-state index in [0.717, 1.165) is 44.9 Å². The van der Waals surface area contributed by atoms with Crippen LogP contribution in [0.15, 0.2) is 12.2 Å². The monoisotopic (exact) mass is 1040 g/mol. The van der Waals surface area contributed by atoms with Crippen LogP contribution < -0.4 is 5.32 Å². The average molecular weight is 1040 g/mol. The Labute approximate surface area is 429 Å². The zero-order valence-corrected chi connectivity index (χ0v) is 43.7. The van der Waals surface area contributed by atoms with E-state index >= 15 is 0 Å². The first-order chi connectivity index (χ1) is 34.8. The number of unbranched alkanes of at least 4 members (excludes halogenated alkanes) is 24. The first kappa shape index (κ1) is 64.8. The van der Waals surface area contributed by atoms with Crippen LogP contribution in [0.1, 0.15) is 187 Å². The summed E-state index contributed by atoms with van der Waals surface area (Å²) in [7, 11) is 0. The van der Waals surface area contributed by atoms with Crippen LogP contribution in [0.3, 0.4) is 0 Å². The van der Waals surface area contributed by atoms with E-state index in [1.54, 1.807) is 6.08 Å². The number of ether oxygens (including phenoxy) is 6. The standard InChI is InChI=1S/C53H99NO18/c1-3-5-7-9-11-13-15-17-18-19-21-23-25-27-29-31-41(59)54-36(37(58)30-28-26-24-22-20-16-14-12-10-8-6-4-2)35-67-51-47(65)44(62)49(39(33-56)69-51)72-53-48(66)45(63)50(40(34-57)70-53)71-52-46(64)43(61)42(60)38(32-55)68-52/h28,30,36-40,42-53,55-58,60-66H,3-27,29,31-35H2,1-2H3,(H,54,59)/b30-28+. The Hall–Kier alpha value is -1.47. The quantitative estimate of drug-likeness (QED) is 0.0309. The Kier molecular flexibility index (Phi) is 34.3. The topological polar surface area (TPSA) is 307 Å². The molecule has 17 atom stereocenters. The average Bonchev–Trinajstić information content (AvgIpc) is 3.37. The zero-order valence-electron chi connectivity index (χ0n) is 43.7. The minimum Gasteiger partial charge on any atom is -0.394 e. The summed E-state index contributed by atoms with van der Waals surface area (Å²) in [5.74, 6) is -0.275. The van der Waals surface area contributed by atoms with E-state index in [4.69, 9.17) is 28.4 Å². The largest absolute Gasteiger partial charge is 0.394 e. The van der Waals surface area contributed by atoms with E-state index in [1.165, 1.54) is 116 Å². The molecule has 19 nitrogen and oxygen atoms in total. The molecule has 72 heavy (non-hydrogen) atoms. The van der Waals surface area contributed by atoms with Crippen LogP contribution >= 0.6 is 0 Å². The molecule has 424 valence electrons. The predicted octanol–water partition coefficient (Wildman–Crippen LogP) is 3.43. The molecule has 3 fully saturated rings. The van der Waals surface area contributed by atoms with Crippen molar-refractivity contribution in [2.45, 2.75) is 291 Å². The summed E-state index contributed by atoms with van der Waals surface area (Å²) in [4.78, 5) is 13.3. The van der Waals surface area contributed by atoms with Crippen molar-refractivity contribution < 1.29 is 89.4 Å². The second kappa shape index (κ2) is 38.1. The highest BCUT2D eigenvalue weighted by Gasteiger charge is 2.53. The van der Waals surface area contributed by atoms with Gasteiger partial charge in [-0.2, -0.15) is 0 Å². The molecule has 17 unspecified atom stereocenters. The van der Waals surface area contributed by atoms with Gasteiger partial charge in [0.15, 0.2) is 18.9 Å². The lowest BCUT2D eigenvalue weighted by molar-refractivity contribution is -0.379. The predicted molar refractivity (Wildman–Crippen MR) is 268 cm³/mol. The number of hydrogen-bond acceptors (Lipinski definition) is 18. The summed E-state index contributed by atoms with van der Waals surface area (Å²) >= 11 is 0. The van der Waals surface area contributed by atoms with Crippen LogP contribution in [-0.4, -0.2) is 193 Å². The molecular formula is C53H99NO18. The minimum absolute atomic E-state index is 0.248. The van der Waals surface area contributed by atoms with Crippen molar-refractivity contribution in [2.75, 3.05) is 26.4 Å². The van der Waals surface area contributed by atoms with Crippen LogP contribution in [0.5, 0.6) is 0 Å². The minimum atomic E-state index is -1.97. The lowest BCUT2D eigenvalue weighted by Gasteiger charge is -2.48. The van der Waals surface area contributed by atoms with Gasteiger partial charge in [-0.25, -0.2) is 0 Å². The number of hydrogen-bond donors (Lipinski definition) is 12. The molecule has 0 radical (unpaired) electrons. The highest BCUT2D eigenvalue weighted by Crippen LogP contribution is 2.33. The smallest absolute Gasteiger partial charge is 0.220 e. The molecule has 3 rings (SSSR count). The van der Waals surface area contributed by atoms with E-state index in [-0.39, 0.29) is 18.9 Å². The van der Waals surface area contributed by atoms with E-state index in [9.17, 15) is 61.0 Å². The summed E-state index contributed by atoms with van der Waals surface area (Å²) in [6.45, 7) is 1.70. The van der Waals surface area contributed by atoms with E-state index in [0.29, 0.717) is 6.42 Å². The molecule has 3 saturated heterocycles. The summed E-state index contributed by atoms with van der Waals surface area (Å²) in [6.07, 6.45) is 7.74. The van der Waals surface area contributed by atoms with Crippen LogP contribution in [0.4, 0.5) is 0 Å². The molecule has 3 aliphatic rings. The zero-order chi connectivity index (χ0) is 52.7. The number of carbonyl (C=O) groups excluding carboxylic acids is 1. The summed E-state index contributed by atoms with van der Waals surface area (Å²) in [5, 5.41) is 120. The fraction of sp³-hybridized carbons (Fsp3) is 0.943. The summed E-state index contributed by atoms with van der Waals surface area (Å²) in [6, 6.07) is -0.965. The number of nitrogens with one attached hydrogen (secondary N) is 1. The molecule has 3 aliphatic heterocycles. The van der Waals surface area contributed by atoms with Gasteiger partial charge < -0.3 is 89.9 Å². The third-order valence-corrected chi connectivity index (χ3v) is 14.3. The third kappa shape index (κ3) is 23.0. The Balaban J connectivity index is 1.53. The maximum atomic E-state index is 13.3. The maximum absolute atomic E-state index is 13.3. The molecule has 0 aromatic heterocycles. The number of carbonyl (C=O) groups is 1. The lowest BCUT2D eigenvalue weighted by Crippen LogP contribution is -2.66. The van der Waals surface area contributed by atoms with Gasteiger partial charge in [-0.15, -0.1) is 0 Å². The summed E-state index contributed by atoms with van der Waals surface area (Å²) < 4.78 is 34.2. The number of aliphatic hydroxyl groups excluding tert-OH is 11. The number of aliphatic hydroxyl groups is 11. The van der Waals surface area contributed by atoms with Gasteiger partial charge in [0.05, 0.1) is 38.6 Å². The Morgan fingerprint density at radius 2 is 0.861 bits per heavy atom. The Morgan fingerprint density at radius 1 is 0.486 bits per heavy atom. The fourth-order valence-corrected chi connectivity index (χ4v) is 9.66. The van der Waals surface area contributed by atoms with Crippen LogP contribution in [0, 0.1) is 0 Å². The third-order valence-electron chi connectivity index (χ3n) is 14.3. The molecule has 0 saturated carbocycles. The molecule has 12 N–H and O–H groups in total. The highest BCUT2D eigenvalue weighted by atomic mass is 16.8. The highest BCUT2D eigenvalue weighted by molar-refractivity contribution is 5.76. The van der Waals surface area contributed by atoms with Crippen molar-refractivity contribution in [3.8, 4) is 0 Å². The van der Waals surface area contributed by atoms with E-state index in [2.05, 4.69) is 19.2 Å². The lowest BCUT2D eigenvalue weighted by atomic mass is 9.96. The molecule has 1 amide bonds. The number of rotatable bonds is 40. The van der Waals surface area contributed by atoms with Gasteiger partial charge in [0, 0.05) is 6.42 Å². The molecule has 3 heterocycles. The van der Waals surface area contributed by atoms with Crippen molar-refractivity contribution in [1.29, 1.82) is 0 Å². The SMILES string of the molecule is CCCCCCCCCCCC/C=C/C(O)C(COC1OC(CO)C(OC2OC(CO)C(OC3OC(CO)C(O)C(O)C3O)C(O)C2O)C(O)C1O)NC(=O)CCCCCCCCCCCCCCCCC. The van der Waals surface area contributed by atoms with Crippen LogP contribution in [0.2, 0.25) is 0 Å². The maximum Gasteiger partial charge on any atom is 0.220 e. The molecule has 0 aromatic rings. The molecule has 0 aromatic carbocycles. The normalized spacial score (nSPS) is 32.0. The van der Waals surface area contributed by atoms with E-state index in [1.807, 2.05) is 6.08 Å². The summed E-state index contributed by atoms with van der Waals surface area (Å²) in [5.41, 5.74) is 0. The van der Waals surface area contributed by atoms with Gasteiger partial charge in [0.2, 0.25) is 5.91 Å². The number of amides is 1. The van der Waals surface area contributed by atoms with Gasteiger partial charge in [-0.05, 0) is 19.3 Å². The first-order valence-corrected chi connectivity index (χ1v) is 27.9.